The van der Waals surface area contributed by atoms with E-state index < -0.39 is 5.60 Å². The van der Waals surface area contributed by atoms with Gasteiger partial charge in [-0.1, -0.05) is 23.7 Å². The first-order valence-electron chi connectivity index (χ1n) is 6.54. The Hall–Kier alpha value is -1.06. The predicted molar refractivity (Wildman–Crippen MR) is 78.2 cm³/mol. The summed E-state index contributed by atoms with van der Waals surface area (Å²) >= 11 is 5.90. The van der Waals surface area contributed by atoms with Gasteiger partial charge in [0, 0.05) is 18.0 Å². The molecule has 0 heterocycles. The topological polar surface area (TPSA) is 38.3 Å². The van der Waals surface area contributed by atoms with Crippen LogP contribution in [0, 0.1) is 0 Å². The minimum absolute atomic E-state index is 0.142. The molecule has 0 unspecified atom stereocenters. The molecule has 1 rings (SSSR count). The van der Waals surface area contributed by atoms with Crippen molar-refractivity contribution in [3.63, 3.8) is 0 Å². The van der Waals surface area contributed by atoms with E-state index >= 15 is 0 Å². The Labute approximate surface area is 120 Å². The van der Waals surface area contributed by atoms with Gasteiger partial charge in [0.1, 0.15) is 5.60 Å². The van der Waals surface area contributed by atoms with E-state index in [-0.39, 0.29) is 5.97 Å². The Kier molecular flexibility index (Phi) is 6.32. The van der Waals surface area contributed by atoms with Crippen LogP contribution in [0.25, 0.3) is 0 Å². The maximum atomic E-state index is 11.5. The molecule has 0 saturated carbocycles. The van der Waals surface area contributed by atoms with Crippen molar-refractivity contribution < 1.29 is 9.53 Å². The Morgan fingerprint density at radius 1 is 1.37 bits per heavy atom. The maximum Gasteiger partial charge on any atom is 0.306 e. The SMILES string of the molecule is CC(C)(C)OC(=O)CCCNCc1cccc(Cl)c1. The van der Waals surface area contributed by atoms with Gasteiger partial charge in [0.25, 0.3) is 0 Å². The number of rotatable bonds is 6. The molecule has 0 spiro atoms. The third kappa shape index (κ3) is 7.85. The van der Waals surface area contributed by atoms with Crippen LogP contribution in [0.1, 0.15) is 39.2 Å². The van der Waals surface area contributed by atoms with Crippen molar-refractivity contribution in [2.75, 3.05) is 6.54 Å². The van der Waals surface area contributed by atoms with E-state index in [4.69, 9.17) is 16.3 Å². The summed E-state index contributed by atoms with van der Waals surface area (Å²) in [5.74, 6) is -0.142. The Morgan fingerprint density at radius 2 is 2.11 bits per heavy atom. The van der Waals surface area contributed by atoms with Gasteiger partial charge in [0.15, 0.2) is 0 Å². The second-order valence-electron chi connectivity index (χ2n) is 5.50. The zero-order valence-corrected chi connectivity index (χ0v) is 12.6. The molecular formula is C15H22ClNO2. The van der Waals surface area contributed by atoms with Crippen molar-refractivity contribution in [3.05, 3.63) is 34.9 Å². The summed E-state index contributed by atoms with van der Waals surface area (Å²) in [6.07, 6.45) is 1.22. The molecule has 1 aromatic carbocycles. The second kappa shape index (κ2) is 7.51. The van der Waals surface area contributed by atoms with Crippen LogP contribution in [0.3, 0.4) is 0 Å². The molecule has 0 aromatic heterocycles. The van der Waals surface area contributed by atoms with Crippen LogP contribution in [0.15, 0.2) is 24.3 Å². The van der Waals surface area contributed by atoms with Crippen LogP contribution >= 0.6 is 11.6 Å². The lowest BCUT2D eigenvalue weighted by Crippen LogP contribution is -2.24. The zero-order valence-electron chi connectivity index (χ0n) is 11.8. The molecule has 0 amide bonds. The van der Waals surface area contributed by atoms with Crippen LogP contribution in [0.4, 0.5) is 0 Å². The molecule has 0 saturated heterocycles. The molecule has 0 aliphatic carbocycles. The van der Waals surface area contributed by atoms with E-state index in [9.17, 15) is 4.79 Å². The summed E-state index contributed by atoms with van der Waals surface area (Å²) < 4.78 is 5.23. The van der Waals surface area contributed by atoms with E-state index in [1.807, 2.05) is 45.0 Å². The standard InChI is InChI=1S/C15H22ClNO2/c1-15(2,3)19-14(18)8-5-9-17-11-12-6-4-7-13(16)10-12/h4,6-7,10,17H,5,8-9,11H2,1-3H3. The van der Waals surface area contributed by atoms with Gasteiger partial charge in [0.2, 0.25) is 0 Å². The fourth-order valence-corrected chi connectivity index (χ4v) is 1.84. The first-order valence-corrected chi connectivity index (χ1v) is 6.91. The van der Waals surface area contributed by atoms with Gasteiger partial charge >= 0.3 is 5.97 Å². The first-order chi connectivity index (χ1) is 8.87. The molecule has 1 N–H and O–H groups in total. The van der Waals surface area contributed by atoms with E-state index in [1.165, 1.54) is 0 Å². The third-order valence-electron chi connectivity index (χ3n) is 2.37. The van der Waals surface area contributed by atoms with Crippen LogP contribution in [-0.4, -0.2) is 18.1 Å². The normalized spacial score (nSPS) is 11.4. The molecule has 19 heavy (non-hydrogen) atoms. The van der Waals surface area contributed by atoms with Crippen molar-refractivity contribution in [1.82, 2.24) is 5.32 Å². The lowest BCUT2D eigenvalue weighted by molar-refractivity contribution is -0.154. The number of ether oxygens (including phenoxy) is 1. The molecular weight excluding hydrogens is 262 g/mol. The summed E-state index contributed by atoms with van der Waals surface area (Å²) in [6, 6.07) is 7.74. The minimum atomic E-state index is -0.398. The van der Waals surface area contributed by atoms with Gasteiger partial charge in [0.05, 0.1) is 0 Å². The highest BCUT2D eigenvalue weighted by Gasteiger charge is 2.15. The number of benzene rings is 1. The van der Waals surface area contributed by atoms with Gasteiger partial charge < -0.3 is 10.1 Å². The molecule has 0 radical (unpaired) electrons. The lowest BCUT2D eigenvalue weighted by atomic mass is 10.2. The monoisotopic (exact) mass is 283 g/mol. The van der Waals surface area contributed by atoms with Crippen molar-refractivity contribution >= 4 is 17.6 Å². The highest BCUT2D eigenvalue weighted by atomic mass is 35.5. The summed E-state index contributed by atoms with van der Waals surface area (Å²) in [7, 11) is 0. The van der Waals surface area contributed by atoms with Gasteiger partial charge in [-0.2, -0.15) is 0 Å². The zero-order chi connectivity index (χ0) is 14.3. The molecule has 106 valence electrons. The minimum Gasteiger partial charge on any atom is -0.460 e. The number of hydrogen-bond acceptors (Lipinski definition) is 3. The van der Waals surface area contributed by atoms with Crippen molar-refractivity contribution in [1.29, 1.82) is 0 Å². The number of halogens is 1. The predicted octanol–water partition coefficient (Wildman–Crippen LogP) is 3.55. The maximum absolute atomic E-state index is 11.5. The Bertz CT molecular complexity index is 413. The van der Waals surface area contributed by atoms with Crippen LogP contribution < -0.4 is 5.32 Å². The lowest BCUT2D eigenvalue weighted by Gasteiger charge is -2.19. The Morgan fingerprint density at radius 3 is 2.74 bits per heavy atom. The Balaban J connectivity index is 2.13. The molecule has 4 heteroatoms. The second-order valence-corrected chi connectivity index (χ2v) is 5.93. The van der Waals surface area contributed by atoms with E-state index in [1.54, 1.807) is 0 Å². The van der Waals surface area contributed by atoms with Crippen molar-refractivity contribution in [3.8, 4) is 0 Å². The first kappa shape index (κ1) is 16.0. The number of carbonyl (C=O) groups excluding carboxylic acids is 1. The summed E-state index contributed by atoms with van der Waals surface area (Å²) in [5.41, 5.74) is 0.746. The fraction of sp³-hybridized carbons (Fsp3) is 0.533. The summed E-state index contributed by atoms with van der Waals surface area (Å²) in [4.78, 5) is 11.5. The highest BCUT2D eigenvalue weighted by Crippen LogP contribution is 2.11. The smallest absolute Gasteiger partial charge is 0.306 e. The molecule has 0 aliphatic heterocycles. The largest absolute Gasteiger partial charge is 0.460 e. The summed E-state index contributed by atoms with van der Waals surface area (Å²) in [5, 5.41) is 4.02. The number of esters is 1. The molecule has 0 bridgehead atoms. The molecule has 3 nitrogen and oxygen atoms in total. The number of nitrogens with one attached hydrogen (secondary N) is 1. The van der Waals surface area contributed by atoms with Gasteiger partial charge in [-0.15, -0.1) is 0 Å². The van der Waals surface area contributed by atoms with Gasteiger partial charge in [-0.25, -0.2) is 0 Å². The van der Waals surface area contributed by atoms with Crippen molar-refractivity contribution in [2.45, 2.75) is 45.8 Å². The van der Waals surface area contributed by atoms with Crippen LogP contribution in [0.5, 0.6) is 0 Å². The van der Waals surface area contributed by atoms with Gasteiger partial charge in [-0.3, -0.25) is 4.79 Å². The highest BCUT2D eigenvalue weighted by molar-refractivity contribution is 6.30. The number of hydrogen-bond donors (Lipinski definition) is 1. The molecule has 0 atom stereocenters. The van der Waals surface area contributed by atoms with E-state index in [0.717, 1.165) is 30.1 Å². The molecule has 1 aromatic rings. The third-order valence-corrected chi connectivity index (χ3v) is 2.61. The molecule has 0 aliphatic rings. The molecule has 0 fully saturated rings. The quantitative estimate of drug-likeness (QED) is 0.641. The average Bonchev–Trinajstić information content (AvgIpc) is 2.26. The van der Waals surface area contributed by atoms with Gasteiger partial charge in [-0.05, 0) is 51.4 Å². The van der Waals surface area contributed by atoms with Crippen LogP contribution in [0.2, 0.25) is 5.02 Å². The number of carbonyl (C=O) groups is 1. The average molecular weight is 284 g/mol. The van der Waals surface area contributed by atoms with E-state index in [2.05, 4.69) is 5.32 Å². The van der Waals surface area contributed by atoms with Crippen molar-refractivity contribution in [2.24, 2.45) is 0 Å². The van der Waals surface area contributed by atoms with Crippen LogP contribution in [-0.2, 0) is 16.1 Å². The summed E-state index contributed by atoms with van der Waals surface area (Å²) in [6.45, 7) is 7.17. The fourth-order valence-electron chi connectivity index (χ4n) is 1.63. The van der Waals surface area contributed by atoms with E-state index in [0.29, 0.717) is 6.42 Å².